The quantitative estimate of drug-likeness (QED) is 0.0384. The molecule has 9 rings (SSSR count). The van der Waals surface area contributed by atoms with Crippen LogP contribution in [0, 0.1) is 10.8 Å². The molecule has 3 aliphatic heterocycles. The normalized spacial score (nSPS) is 26.2. The molecule has 2 saturated heterocycles. The van der Waals surface area contributed by atoms with Crippen molar-refractivity contribution in [3.05, 3.63) is 84.2 Å². The molecule has 2 aromatic heterocycles. The fourth-order valence-electron chi connectivity index (χ4n) is 10.9. The van der Waals surface area contributed by atoms with Crippen LogP contribution in [0.5, 0.6) is 11.8 Å². The number of alkyl carbamates (subject to hydrolysis) is 2. The number of carbonyl (C=O) groups is 6. The summed E-state index contributed by atoms with van der Waals surface area (Å²) in [5.41, 5.74) is -1.99. The number of esters is 1. The molecule has 466 valence electrons. The van der Waals surface area contributed by atoms with E-state index < -0.39 is 143 Å². The lowest BCUT2D eigenvalue weighted by Gasteiger charge is -2.35. The van der Waals surface area contributed by atoms with Crippen molar-refractivity contribution < 1.29 is 85.0 Å². The summed E-state index contributed by atoms with van der Waals surface area (Å²) in [7, 11) is 1.17. The summed E-state index contributed by atoms with van der Waals surface area (Å²) in [6.07, 6.45) is 0.718. The Morgan fingerprint density at radius 3 is 2.13 bits per heavy atom. The number of amides is 4. The number of aliphatic carboxylic acids is 1. The first-order valence-corrected chi connectivity index (χ1v) is 29.4. The minimum atomic E-state index is -3.62. The summed E-state index contributed by atoms with van der Waals surface area (Å²) >= 11 is 3.10. The number of halogens is 5. The van der Waals surface area contributed by atoms with Gasteiger partial charge in [-0.3, -0.25) is 9.59 Å². The number of alkyl halides is 5. The average Bonchev–Trinajstić information content (AvgIpc) is 2.24. The number of aliphatic hydroxyl groups excluding tert-OH is 1. The van der Waals surface area contributed by atoms with Crippen LogP contribution in [0.3, 0.4) is 0 Å². The minimum Gasteiger partial charge on any atom is -0.480 e. The van der Waals surface area contributed by atoms with E-state index in [1.807, 2.05) is 0 Å². The molecule has 22 nitrogen and oxygen atoms in total. The Morgan fingerprint density at radius 2 is 1.51 bits per heavy atom. The van der Waals surface area contributed by atoms with Crippen molar-refractivity contribution in [2.75, 3.05) is 32.1 Å². The van der Waals surface area contributed by atoms with Crippen molar-refractivity contribution in [1.29, 1.82) is 0 Å². The molecule has 0 radical (unpaired) electrons. The minimum absolute atomic E-state index is 0.0786. The zero-order valence-electron chi connectivity index (χ0n) is 48.6. The number of aromatic nitrogens is 4. The van der Waals surface area contributed by atoms with Crippen molar-refractivity contribution >= 4 is 73.9 Å². The van der Waals surface area contributed by atoms with Gasteiger partial charge in [-0.2, -0.15) is 17.6 Å². The van der Waals surface area contributed by atoms with E-state index in [1.54, 1.807) is 90.1 Å². The molecule has 2 bridgehead atoms. The van der Waals surface area contributed by atoms with Crippen molar-refractivity contribution in [1.82, 2.24) is 40.4 Å². The highest BCUT2D eigenvalue weighted by Gasteiger charge is 2.50. The number of hydrogen-bond donors (Lipinski definition) is 4. The molecule has 4 aromatic rings. The summed E-state index contributed by atoms with van der Waals surface area (Å²) in [4.78, 5) is 97.8. The molecule has 0 unspecified atom stereocenters. The summed E-state index contributed by atoms with van der Waals surface area (Å²) in [6.45, 7) is 9.81. The zero-order chi connectivity index (χ0) is 62.5. The van der Waals surface area contributed by atoms with Gasteiger partial charge in [-0.25, -0.2) is 39.1 Å². The van der Waals surface area contributed by atoms with Gasteiger partial charge in [0.1, 0.15) is 48.6 Å². The standard InChI is InChI=1S/C30H37BrF2N4O7.C29H34F2N4O7/c1-29(2,3)24(36-28(41)44-22-12-7-11-21(22)38)26(39)37-16-17(15-20(37)27(40)42-4)43-25-23(30(32,33)13-8-14-31)34-18-9-5-6-10-19(18)35-25;1-28(2,3)23-25(36)35-15-16(14-19(35)26(37)38)41-24-22(32-17-8-4-5-9-18(17)33-24)29(30,31)12-7-13-40-20-10-6-11-21(20)42-27(39)34-23/h5-6,8-10,13,17,20-22,24,38H,7,11-12,14-16H2,1-4H3,(H,36,41);4-5,7-9,12,16,19-21,23H,6,10-11,13-15H2,1-3H3,(H,34,39)(H,37,38)/b13-8+;12-7+/t17-,20+,21-,22-,24-;16-,19+,20-,21-,23-/m11/s1. The Hall–Kier alpha value is -7.26. The second-order valence-electron chi connectivity index (χ2n) is 23.8. The number of aliphatic hydroxyl groups is 1. The highest BCUT2D eigenvalue weighted by atomic mass is 79.9. The van der Waals surface area contributed by atoms with Gasteiger partial charge in [0.15, 0.2) is 11.4 Å². The van der Waals surface area contributed by atoms with E-state index in [2.05, 4.69) is 46.5 Å². The highest BCUT2D eigenvalue weighted by Crippen LogP contribution is 2.40. The summed E-state index contributed by atoms with van der Waals surface area (Å²) in [5.74, 6) is -11.3. The molecule has 2 saturated carbocycles. The van der Waals surface area contributed by atoms with Crippen LogP contribution in [0.1, 0.15) is 104 Å². The Bertz CT molecular complexity index is 3220. The topological polar surface area (TPSA) is 280 Å². The van der Waals surface area contributed by atoms with Gasteiger partial charge in [0, 0.05) is 18.2 Å². The number of methoxy groups -OCH3 is 1. The highest BCUT2D eigenvalue weighted by molar-refractivity contribution is 9.09. The molecule has 86 heavy (non-hydrogen) atoms. The van der Waals surface area contributed by atoms with E-state index in [9.17, 15) is 39.0 Å². The van der Waals surface area contributed by atoms with Crippen molar-refractivity contribution in [2.45, 2.75) is 166 Å². The number of carboxylic acids is 1. The first-order chi connectivity index (χ1) is 40.6. The number of fused-ring (bicyclic) bond motifs is 6. The zero-order valence-corrected chi connectivity index (χ0v) is 50.1. The van der Waals surface area contributed by atoms with Crippen LogP contribution in [0.15, 0.2) is 72.8 Å². The van der Waals surface area contributed by atoms with Crippen LogP contribution in [0.25, 0.3) is 22.1 Å². The lowest BCUT2D eigenvalue weighted by atomic mass is 9.85. The predicted molar refractivity (Wildman–Crippen MR) is 304 cm³/mol. The number of likely N-dealkylation sites (tertiary alicyclic amines) is 1. The number of carboxylic acid groups (broad SMARTS) is 1. The molecule has 4 fully saturated rings. The number of rotatable bonds is 10. The van der Waals surface area contributed by atoms with Crippen molar-refractivity contribution in [3.8, 4) is 11.8 Å². The number of para-hydroxylation sites is 4. The molecule has 4 amide bonds. The molecule has 4 N–H and O–H groups in total. The third kappa shape index (κ3) is 15.3. The van der Waals surface area contributed by atoms with Gasteiger partial charge < -0.3 is 59.1 Å². The molecular formula is C59H71BrF4N8O14. The Balaban J connectivity index is 0.000000224. The van der Waals surface area contributed by atoms with Gasteiger partial charge in [-0.05, 0) is 85.8 Å². The van der Waals surface area contributed by atoms with E-state index in [4.69, 9.17) is 28.4 Å². The maximum Gasteiger partial charge on any atom is 0.408 e. The third-order valence-corrected chi connectivity index (χ3v) is 15.7. The molecule has 2 aliphatic carbocycles. The number of allylic oxidation sites excluding steroid dienone is 3. The molecular weight excluding hydrogens is 1200 g/mol. The van der Waals surface area contributed by atoms with Crippen LogP contribution in [0.2, 0.25) is 0 Å². The molecule has 2 aromatic carbocycles. The van der Waals surface area contributed by atoms with Gasteiger partial charge in [0.2, 0.25) is 23.6 Å². The first kappa shape index (κ1) is 64.7. The van der Waals surface area contributed by atoms with E-state index in [1.165, 1.54) is 24.2 Å². The molecule has 10 atom stereocenters. The number of nitrogens with zero attached hydrogens (tertiary/aromatic N) is 6. The second-order valence-corrected chi connectivity index (χ2v) is 24.5. The van der Waals surface area contributed by atoms with Gasteiger partial charge in [-0.15, -0.1) is 0 Å². The van der Waals surface area contributed by atoms with Gasteiger partial charge in [-0.1, -0.05) is 93.9 Å². The van der Waals surface area contributed by atoms with Crippen LogP contribution in [0.4, 0.5) is 27.2 Å². The predicted octanol–water partition coefficient (Wildman–Crippen LogP) is 8.05. The lowest BCUT2D eigenvalue weighted by molar-refractivity contribution is -0.152. The molecule has 5 heterocycles. The Labute approximate surface area is 501 Å². The average molecular weight is 1270 g/mol. The first-order valence-electron chi connectivity index (χ1n) is 28.3. The maximum atomic E-state index is 15.6. The second kappa shape index (κ2) is 26.8. The fourth-order valence-corrected chi connectivity index (χ4v) is 11.1. The summed E-state index contributed by atoms with van der Waals surface area (Å²) < 4.78 is 95.4. The maximum absolute atomic E-state index is 15.6. The SMILES string of the molecule is CC(C)(C)[C@@H]1NC(=O)O[C@@H]2CCC[C@H]2OC/C=C/C(F)(F)c2nc3ccccc3nc2O[C@@H]2C[C@@H](C(=O)O)N(C2)C1=O.COC(=O)[C@@H]1C[C@@H](Oc2nc3ccccc3nc2C(F)(F)/C=C/CBr)CN1C(=O)[C@@H](NC(=O)O[C@@H]1CCC[C@H]1O)C(C)(C)C. The van der Waals surface area contributed by atoms with Crippen molar-refractivity contribution in [3.63, 3.8) is 0 Å². The molecule has 0 spiro atoms. The molecule has 27 heteroatoms. The van der Waals surface area contributed by atoms with E-state index in [-0.39, 0.29) is 48.9 Å². The summed E-state index contributed by atoms with van der Waals surface area (Å²) in [6, 6.07) is 8.24. The number of carbonyl (C=O) groups excluding carboxylic acids is 5. The van der Waals surface area contributed by atoms with E-state index in [0.29, 0.717) is 61.7 Å². The number of benzene rings is 2. The smallest absolute Gasteiger partial charge is 0.408 e. The van der Waals surface area contributed by atoms with Crippen LogP contribution in [-0.4, -0.2) is 169 Å². The van der Waals surface area contributed by atoms with E-state index in [0.717, 1.165) is 4.90 Å². The van der Waals surface area contributed by atoms with Gasteiger partial charge in [0.25, 0.3) is 0 Å². The van der Waals surface area contributed by atoms with E-state index >= 15 is 17.6 Å². The number of ether oxygens (including phenoxy) is 6. The van der Waals surface area contributed by atoms with Gasteiger partial charge >= 0.3 is 36.0 Å². The molecule has 5 aliphatic rings. The lowest BCUT2D eigenvalue weighted by Crippen LogP contribution is -2.57. The van der Waals surface area contributed by atoms with Crippen LogP contribution < -0.4 is 20.1 Å². The van der Waals surface area contributed by atoms with Gasteiger partial charge in [0.05, 0.1) is 61.1 Å². The number of nitrogens with one attached hydrogen (secondary N) is 2. The summed E-state index contributed by atoms with van der Waals surface area (Å²) in [5, 5.41) is 25.5. The third-order valence-electron chi connectivity index (χ3n) is 15.3. The van der Waals surface area contributed by atoms with Crippen LogP contribution in [-0.2, 0) is 50.0 Å². The monoisotopic (exact) mass is 1270 g/mol. The number of hydrogen-bond acceptors (Lipinski definition) is 17. The fraction of sp³-hybridized carbons (Fsp3) is 0.559. The Morgan fingerprint density at radius 1 is 0.872 bits per heavy atom. The largest absolute Gasteiger partial charge is 0.480 e. The Kier molecular flexibility index (Phi) is 20.2. The van der Waals surface area contributed by atoms with Crippen LogP contribution >= 0.6 is 15.9 Å². The van der Waals surface area contributed by atoms with Crippen molar-refractivity contribution in [2.24, 2.45) is 10.8 Å².